The molecule has 0 aliphatic rings. The largest absolute Gasteiger partial charge is 0.462 e. The maximum Gasteiger partial charge on any atom is 0.348 e. The van der Waals surface area contributed by atoms with Crippen molar-refractivity contribution in [2.45, 2.75) is 40.2 Å². The number of ether oxygens (including phenoxy) is 3. The number of hydrogen-bond acceptors (Lipinski definition) is 9. The molecular formula is C21H24N2O7S. The summed E-state index contributed by atoms with van der Waals surface area (Å²) in [6.07, 6.45) is 1.93. The fourth-order valence-electron chi connectivity index (χ4n) is 2.64. The maximum absolute atomic E-state index is 12.8. The Kier molecular flexibility index (Phi) is 8.68. The van der Waals surface area contributed by atoms with E-state index >= 15 is 0 Å². The van der Waals surface area contributed by atoms with Crippen molar-refractivity contribution in [3.8, 4) is 0 Å². The Hall–Kier alpha value is -3.27. The molecule has 1 N–H and O–H groups in total. The molecule has 1 atom stereocenters. The lowest BCUT2D eigenvalue weighted by atomic mass is 10.1. The lowest BCUT2D eigenvalue weighted by Crippen LogP contribution is -2.32. The SMILES string of the molecule is CCOC(=O)c1sc(NC(=O)C(CC)OC(=O)c2cccnc2)c(C(=O)OCC)c1C. The molecule has 31 heavy (non-hydrogen) atoms. The Bertz CT molecular complexity index is 956. The molecule has 0 saturated heterocycles. The predicted octanol–water partition coefficient (Wildman–Crippen LogP) is 3.38. The lowest BCUT2D eigenvalue weighted by Gasteiger charge is -2.16. The van der Waals surface area contributed by atoms with Gasteiger partial charge in [-0.1, -0.05) is 6.92 Å². The molecule has 2 aromatic rings. The second kappa shape index (κ2) is 11.2. The smallest absolute Gasteiger partial charge is 0.348 e. The van der Waals surface area contributed by atoms with Gasteiger partial charge in [0.25, 0.3) is 5.91 Å². The van der Waals surface area contributed by atoms with Crippen molar-refractivity contribution in [2.75, 3.05) is 18.5 Å². The van der Waals surface area contributed by atoms with E-state index in [1.807, 2.05) is 0 Å². The fourth-order valence-corrected chi connectivity index (χ4v) is 3.73. The second-order valence-corrected chi connectivity index (χ2v) is 7.26. The summed E-state index contributed by atoms with van der Waals surface area (Å²) in [5, 5.41) is 2.72. The van der Waals surface area contributed by atoms with Crippen LogP contribution < -0.4 is 5.32 Å². The minimum absolute atomic E-state index is 0.0664. The van der Waals surface area contributed by atoms with Gasteiger partial charge in [-0.25, -0.2) is 14.4 Å². The Balaban J connectivity index is 2.28. The van der Waals surface area contributed by atoms with Crippen LogP contribution in [0.2, 0.25) is 0 Å². The van der Waals surface area contributed by atoms with Crippen LogP contribution in [0.3, 0.4) is 0 Å². The molecule has 1 unspecified atom stereocenters. The van der Waals surface area contributed by atoms with Crippen LogP contribution in [0.25, 0.3) is 0 Å². The number of nitrogens with zero attached hydrogens (tertiary/aromatic N) is 1. The zero-order valence-electron chi connectivity index (χ0n) is 17.7. The summed E-state index contributed by atoms with van der Waals surface area (Å²) in [6.45, 7) is 6.85. The monoisotopic (exact) mass is 448 g/mol. The minimum atomic E-state index is -1.11. The lowest BCUT2D eigenvalue weighted by molar-refractivity contribution is -0.124. The summed E-state index contributed by atoms with van der Waals surface area (Å²) >= 11 is 0.902. The number of carbonyl (C=O) groups is 4. The molecule has 2 aromatic heterocycles. The number of aromatic nitrogens is 1. The molecule has 0 spiro atoms. The van der Waals surface area contributed by atoms with Crippen LogP contribution in [0.5, 0.6) is 0 Å². The quantitative estimate of drug-likeness (QED) is 0.458. The summed E-state index contributed by atoms with van der Waals surface area (Å²) in [6, 6.07) is 3.10. The van der Waals surface area contributed by atoms with E-state index < -0.39 is 29.9 Å². The molecule has 9 nitrogen and oxygen atoms in total. The highest BCUT2D eigenvalue weighted by atomic mass is 32.1. The third kappa shape index (κ3) is 5.88. The standard InChI is InChI=1S/C21H24N2O7S/c1-5-14(30-19(25)13-9-8-10-22-11-13)17(24)23-18-15(20(26)28-6-2)12(4)16(31-18)21(27)29-7-3/h8-11,14H,5-7H2,1-4H3,(H,23,24). The van der Waals surface area contributed by atoms with Crippen molar-refractivity contribution in [1.82, 2.24) is 4.98 Å². The van der Waals surface area contributed by atoms with Gasteiger partial charge in [-0.05, 0) is 44.9 Å². The van der Waals surface area contributed by atoms with E-state index in [2.05, 4.69) is 10.3 Å². The highest BCUT2D eigenvalue weighted by Gasteiger charge is 2.29. The van der Waals surface area contributed by atoms with Crippen LogP contribution in [0, 0.1) is 6.92 Å². The summed E-state index contributed by atoms with van der Waals surface area (Å²) < 4.78 is 15.4. The molecule has 0 radical (unpaired) electrons. The number of anilines is 1. The van der Waals surface area contributed by atoms with Crippen LogP contribution in [0.1, 0.15) is 63.1 Å². The van der Waals surface area contributed by atoms with Crippen molar-refractivity contribution in [2.24, 2.45) is 0 Å². The highest BCUT2D eigenvalue weighted by Crippen LogP contribution is 2.34. The number of esters is 3. The molecule has 0 aliphatic carbocycles. The number of nitrogens with one attached hydrogen (secondary N) is 1. The molecule has 10 heteroatoms. The first-order valence-electron chi connectivity index (χ1n) is 9.73. The van der Waals surface area contributed by atoms with Gasteiger partial charge < -0.3 is 19.5 Å². The van der Waals surface area contributed by atoms with E-state index in [0.29, 0.717) is 5.56 Å². The maximum atomic E-state index is 12.8. The molecule has 2 heterocycles. The number of thiophene rings is 1. The summed E-state index contributed by atoms with van der Waals surface area (Å²) in [4.78, 5) is 53.8. The average Bonchev–Trinajstić information content (AvgIpc) is 3.08. The van der Waals surface area contributed by atoms with E-state index in [1.165, 1.54) is 18.5 Å². The van der Waals surface area contributed by atoms with E-state index in [9.17, 15) is 19.2 Å². The number of pyridine rings is 1. The van der Waals surface area contributed by atoms with Crippen LogP contribution in [-0.4, -0.2) is 48.1 Å². The van der Waals surface area contributed by atoms with Crippen LogP contribution in [0.15, 0.2) is 24.5 Å². The first-order valence-corrected chi connectivity index (χ1v) is 10.5. The van der Waals surface area contributed by atoms with Crippen molar-refractivity contribution in [1.29, 1.82) is 0 Å². The predicted molar refractivity (Wildman–Crippen MR) is 113 cm³/mol. The minimum Gasteiger partial charge on any atom is -0.462 e. The van der Waals surface area contributed by atoms with Gasteiger partial charge in [-0.3, -0.25) is 9.78 Å². The topological polar surface area (TPSA) is 121 Å². The molecule has 0 bridgehead atoms. The fraction of sp³-hybridized carbons (Fsp3) is 0.381. The average molecular weight is 448 g/mol. The van der Waals surface area contributed by atoms with E-state index in [1.54, 1.807) is 33.8 Å². The van der Waals surface area contributed by atoms with Crippen molar-refractivity contribution in [3.05, 3.63) is 46.1 Å². The molecule has 166 valence electrons. The molecule has 1 amide bonds. The van der Waals surface area contributed by atoms with Crippen LogP contribution >= 0.6 is 11.3 Å². The molecule has 2 rings (SSSR count). The summed E-state index contributed by atoms with van der Waals surface area (Å²) in [5.41, 5.74) is 0.617. The zero-order chi connectivity index (χ0) is 23.0. The van der Waals surface area contributed by atoms with Crippen molar-refractivity contribution >= 4 is 40.2 Å². The first kappa shape index (κ1) is 24.0. The molecule has 0 saturated carbocycles. The number of rotatable bonds is 9. The van der Waals surface area contributed by atoms with Gasteiger partial charge in [0, 0.05) is 12.4 Å². The van der Waals surface area contributed by atoms with E-state index in [4.69, 9.17) is 14.2 Å². The van der Waals surface area contributed by atoms with Gasteiger partial charge in [0.05, 0.1) is 24.3 Å². The normalized spacial score (nSPS) is 11.4. The van der Waals surface area contributed by atoms with Gasteiger partial charge in [0.1, 0.15) is 9.88 Å². The highest BCUT2D eigenvalue weighted by molar-refractivity contribution is 7.18. The van der Waals surface area contributed by atoms with Gasteiger partial charge in [-0.2, -0.15) is 0 Å². The van der Waals surface area contributed by atoms with E-state index in [-0.39, 0.29) is 40.6 Å². The third-order valence-corrected chi connectivity index (χ3v) is 5.32. The first-order chi connectivity index (χ1) is 14.8. The Morgan fingerprint density at radius 2 is 1.74 bits per heavy atom. The Morgan fingerprint density at radius 1 is 1.06 bits per heavy atom. The Labute approximate surface area is 183 Å². The molecule has 0 fully saturated rings. The van der Waals surface area contributed by atoms with Gasteiger partial charge in [0.2, 0.25) is 0 Å². The summed E-state index contributed by atoms with van der Waals surface area (Å²) in [7, 11) is 0. The summed E-state index contributed by atoms with van der Waals surface area (Å²) in [5.74, 6) is -2.62. The molecular weight excluding hydrogens is 424 g/mol. The third-order valence-electron chi connectivity index (χ3n) is 4.13. The van der Waals surface area contributed by atoms with E-state index in [0.717, 1.165) is 11.3 Å². The van der Waals surface area contributed by atoms with Gasteiger partial charge in [0.15, 0.2) is 6.10 Å². The van der Waals surface area contributed by atoms with Crippen molar-refractivity contribution < 1.29 is 33.4 Å². The van der Waals surface area contributed by atoms with Gasteiger partial charge in [-0.15, -0.1) is 11.3 Å². The Morgan fingerprint density at radius 3 is 2.32 bits per heavy atom. The van der Waals surface area contributed by atoms with Gasteiger partial charge >= 0.3 is 17.9 Å². The second-order valence-electron chi connectivity index (χ2n) is 6.23. The zero-order valence-corrected chi connectivity index (χ0v) is 18.5. The van der Waals surface area contributed by atoms with Crippen LogP contribution in [-0.2, 0) is 19.0 Å². The van der Waals surface area contributed by atoms with Crippen molar-refractivity contribution in [3.63, 3.8) is 0 Å². The number of amides is 1. The van der Waals surface area contributed by atoms with Crippen LogP contribution in [0.4, 0.5) is 5.00 Å². The number of carbonyl (C=O) groups excluding carboxylic acids is 4. The number of hydrogen-bond donors (Lipinski definition) is 1. The molecule has 0 aliphatic heterocycles. The molecule has 0 aromatic carbocycles.